The summed E-state index contributed by atoms with van der Waals surface area (Å²) in [5.74, 6) is 2.36. The topological polar surface area (TPSA) is 30.3 Å². The van der Waals surface area contributed by atoms with Crippen molar-refractivity contribution in [2.45, 2.75) is 51.8 Å². The molecule has 4 atom stereocenters. The lowest BCUT2D eigenvalue weighted by molar-refractivity contribution is 0.0509. The predicted octanol–water partition coefficient (Wildman–Crippen LogP) is 4.07. The van der Waals surface area contributed by atoms with Gasteiger partial charge in [0.15, 0.2) is 11.6 Å². The van der Waals surface area contributed by atoms with Gasteiger partial charge in [-0.25, -0.2) is 9.37 Å². The molecule has 5 heteroatoms. The number of hydrogen-bond acceptors (Lipinski definition) is 3. The van der Waals surface area contributed by atoms with Crippen LogP contribution in [0.25, 0.3) is 0 Å². The second-order valence-corrected chi connectivity index (χ2v) is 8.08. The first-order valence-corrected chi connectivity index (χ1v) is 9.67. The first-order valence-electron chi connectivity index (χ1n) is 9.67. The van der Waals surface area contributed by atoms with E-state index in [-0.39, 0.29) is 18.0 Å². The second-order valence-electron chi connectivity index (χ2n) is 8.08. The Morgan fingerprint density at radius 1 is 1.15 bits per heavy atom. The summed E-state index contributed by atoms with van der Waals surface area (Å²) in [6.07, 6.45) is 5.87. The Morgan fingerprint density at radius 3 is 2.54 bits per heavy atom. The van der Waals surface area contributed by atoms with E-state index < -0.39 is 0 Å². The molecule has 1 aromatic heterocycles. The van der Waals surface area contributed by atoms with Crippen molar-refractivity contribution in [3.63, 3.8) is 0 Å². The van der Waals surface area contributed by atoms with Crippen LogP contribution in [-0.4, -0.2) is 39.7 Å². The number of rotatable bonds is 4. The van der Waals surface area contributed by atoms with Crippen LogP contribution in [0.2, 0.25) is 0 Å². The summed E-state index contributed by atoms with van der Waals surface area (Å²) < 4.78 is 22.6. The van der Waals surface area contributed by atoms with E-state index in [9.17, 15) is 4.39 Å². The summed E-state index contributed by atoms with van der Waals surface area (Å²) in [5.41, 5.74) is 0. The zero-order chi connectivity index (χ0) is 18.3. The van der Waals surface area contributed by atoms with Crippen LogP contribution in [0.5, 0.6) is 5.75 Å². The van der Waals surface area contributed by atoms with Crippen LogP contribution in [0.4, 0.5) is 4.39 Å². The van der Waals surface area contributed by atoms with Crippen LogP contribution in [0.3, 0.4) is 0 Å². The summed E-state index contributed by atoms with van der Waals surface area (Å²) in [7, 11) is 0. The van der Waals surface area contributed by atoms with Gasteiger partial charge in [-0.1, -0.05) is 12.1 Å². The van der Waals surface area contributed by atoms with Gasteiger partial charge in [0.25, 0.3) is 0 Å². The molecule has 140 valence electrons. The molecule has 0 spiro atoms. The first-order chi connectivity index (χ1) is 12.5. The highest BCUT2D eigenvalue weighted by atomic mass is 19.1. The van der Waals surface area contributed by atoms with Crippen LogP contribution in [-0.2, 0) is 0 Å². The molecule has 1 aromatic carbocycles. The van der Waals surface area contributed by atoms with E-state index in [1.54, 1.807) is 12.1 Å². The molecule has 2 aromatic rings. The molecule has 1 aliphatic carbocycles. The lowest BCUT2D eigenvalue weighted by Crippen LogP contribution is -2.40. The molecule has 2 heterocycles. The fraction of sp³-hybridized carbons (Fsp3) is 0.571. The number of imidazole rings is 1. The summed E-state index contributed by atoms with van der Waals surface area (Å²) in [4.78, 5) is 6.97. The summed E-state index contributed by atoms with van der Waals surface area (Å²) in [6.45, 7) is 8.83. The van der Waals surface area contributed by atoms with Crippen LogP contribution < -0.4 is 4.74 Å². The van der Waals surface area contributed by atoms with Crippen molar-refractivity contribution in [3.05, 3.63) is 48.3 Å². The van der Waals surface area contributed by atoms with Gasteiger partial charge in [0.1, 0.15) is 11.9 Å². The average molecular weight is 357 g/mol. The number of ether oxygens (including phenoxy) is 1. The molecule has 0 bridgehead atoms. The second kappa shape index (κ2) is 7.03. The molecule has 4 rings (SSSR count). The van der Waals surface area contributed by atoms with Crippen LogP contribution in [0.1, 0.15) is 38.6 Å². The smallest absolute Gasteiger partial charge is 0.165 e. The van der Waals surface area contributed by atoms with Crippen LogP contribution in [0, 0.1) is 24.6 Å². The normalized spacial score (nSPS) is 29.1. The van der Waals surface area contributed by atoms with Gasteiger partial charge in [-0.3, -0.25) is 0 Å². The monoisotopic (exact) mass is 357 g/mol. The van der Waals surface area contributed by atoms with Gasteiger partial charge in [-0.05, 0) is 57.6 Å². The van der Waals surface area contributed by atoms with E-state index in [0.29, 0.717) is 23.6 Å². The molecule has 1 aliphatic heterocycles. The standard InChI is InChI=1S/C21H28FN3O/c1-14(2)24-12-16-10-19(25-9-8-23-15(25)3)21(11-17(16)13-24)26-20-7-5-4-6-18(20)22/h4-9,14,16-17,19,21H,10-13H2,1-3H3/t16-,17+,19-,21-/m0/s1. The zero-order valence-electron chi connectivity index (χ0n) is 15.8. The number of benzene rings is 1. The zero-order valence-corrected chi connectivity index (χ0v) is 15.8. The molecule has 1 saturated carbocycles. The lowest BCUT2D eigenvalue weighted by Gasteiger charge is -2.39. The molecule has 0 radical (unpaired) electrons. The quantitative estimate of drug-likeness (QED) is 0.826. The summed E-state index contributed by atoms with van der Waals surface area (Å²) in [6, 6.07) is 7.50. The Bertz CT molecular complexity index is 759. The maximum atomic E-state index is 14.2. The van der Waals surface area contributed by atoms with E-state index in [1.807, 2.05) is 25.4 Å². The molecule has 0 N–H and O–H groups in total. The molecule has 26 heavy (non-hydrogen) atoms. The molecule has 0 unspecified atom stereocenters. The average Bonchev–Trinajstić information content (AvgIpc) is 3.22. The number of hydrogen-bond donors (Lipinski definition) is 0. The van der Waals surface area contributed by atoms with Gasteiger partial charge >= 0.3 is 0 Å². The number of para-hydroxylation sites is 1. The molecule has 2 aliphatic rings. The maximum Gasteiger partial charge on any atom is 0.165 e. The predicted molar refractivity (Wildman–Crippen MR) is 99.7 cm³/mol. The minimum absolute atomic E-state index is 0.0341. The Hall–Kier alpha value is -1.88. The summed E-state index contributed by atoms with van der Waals surface area (Å²) in [5, 5.41) is 0. The molecular formula is C21H28FN3O. The van der Waals surface area contributed by atoms with Crippen molar-refractivity contribution < 1.29 is 9.13 Å². The van der Waals surface area contributed by atoms with Crippen LogP contribution >= 0.6 is 0 Å². The Labute approximate surface area is 155 Å². The van der Waals surface area contributed by atoms with Crippen LogP contribution in [0.15, 0.2) is 36.7 Å². The highest BCUT2D eigenvalue weighted by molar-refractivity contribution is 5.24. The molecule has 0 amide bonds. The first kappa shape index (κ1) is 17.5. The van der Waals surface area contributed by atoms with E-state index >= 15 is 0 Å². The van der Waals surface area contributed by atoms with Crippen molar-refractivity contribution in [1.82, 2.24) is 14.5 Å². The largest absolute Gasteiger partial charge is 0.485 e. The third kappa shape index (κ3) is 3.25. The van der Waals surface area contributed by atoms with E-state index in [1.165, 1.54) is 6.07 Å². The Morgan fingerprint density at radius 2 is 1.88 bits per heavy atom. The van der Waals surface area contributed by atoms with Gasteiger partial charge in [0.2, 0.25) is 0 Å². The van der Waals surface area contributed by atoms with Crippen molar-refractivity contribution in [3.8, 4) is 5.75 Å². The van der Waals surface area contributed by atoms with Gasteiger partial charge in [-0.15, -0.1) is 0 Å². The fourth-order valence-electron chi connectivity index (χ4n) is 4.71. The van der Waals surface area contributed by atoms with E-state index in [0.717, 1.165) is 31.8 Å². The van der Waals surface area contributed by atoms with E-state index in [4.69, 9.17) is 4.74 Å². The number of likely N-dealkylation sites (tertiary alicyclic amines) is 1. The van der Waals surface area contributed by atoms with Crippen molar-refractivity contribution in [1.29, 1.82) is 0 Å². The highest BCUT2D eigenvalue weighted by Crippen LogP contribution is 2.43. The van der Waals surface area contributed by atoms with Gasteiger partial charge < -0.3 is 14.2 Å². The number of aryl methyl sites for hydroxylation is 1. The minimum atomic E-state index is -0.286. The van der Waals surface area contributed by atoms with Crippen molar-refractivity contribution in [2.75, 3.05) is 13.1 Å². The third-order valence-corrected chi connectivity index (χ3v) is 6.18. The Balaban J connectivity index is 1.61. The number of halogens is 1. The number of aromatic nitrogens is 2. The van der Waals surface area contributed by atoms with Gasteiger partial charge in [0, 0.05) is 31.5 Å². The number of nitrogens with zero attached hydrogens (tertiary/aromatic N) is 3. The maximum absolute atomic E-state index is 14.2. The highest BCUT2D eigenvalue weighted by Gasteiger charge is 2.44. The molecular weight excluding hydrogens is 329 g/mol. The fourth-order valence-corrected chi connectivity index (χ4v) is 4.71. The molecule has 1 saturated heterocycles. The van der Waals surface area contributed by atoms with Gasteiger partial charge in [-0.2, -0.15) is 0 Å². The van der Waals surface area contributed by atoms with Gasteiger partial charge in [0.05, 0.1) is 6.04 Å². The van der Waals surface area contributed by atoms with Crippen molar-refractivity contribution in [2.24, 2.45) is 11.8 Å². The summed E-state index contributed by atoms with van der Waals surface area (Å²) >= 11 is 0. The molecule has 2 fully saturated rings. The van der Waals surface area contributed by atoms with E-state index in [2.05, 4.69) is 28.3 Å². The lowest BCUT2D eigenvalue weighted by atomic mass is 9.77. The SMILES string of the molecule is Cc1nccn1[C@H]1C[C@H]2CN(C(C)C)C[C@H]2C[C@@H]1Oc1ccccc1F. The third-order valence-electron chi connectivity index (χ3n) is 6.18. The number of fused-ring (bicyclic) bond motifs is 1. The minimum Gasteiger partial charge on any atom is -0.485 e. The molecule has 4 nitrogen and oxygen atoms in total. The van der Waals surface area contributed by atoms with Crippen molar-refractivity contribution >= 4 is 0 Å². The Kier molecular flexibility index (Phi) is 4.74.